The molecular formula is C13H12N2O3. The number of aromatic amines is 1. The Labute approximate surface area is 103 Å². The minimum absolute atomic E-state index is 0.0778. The summed E-state index contributed by atoms with van der Waals surface area (Å²) in [5.41, 5.74) is 1.19. The number of phenols is 1. The normalized spacial score (nSPS) is 10.7. The Kier molecular flexibility index (Phi) is 3.43. The van der Waals surface area contributed by atoms with E-state index in [1.54, 1.807) is 36.4 Å². The van der Waals surface area contributed by atoms with Crippen LogP contribution in [0.4, 0.5) is 0 Å². The molecule has 0 saturated heterocycles. The molecule has 1 aromatic carbocycles. The Bertz CT molecular complexity index is 612. The molecule has 0 aliphatic heterocycles. The van der Waals surface area contributed by atoms with Gasteiger partial charge < -0.3 is 9.84 Å². The number of H-pyrrole nitrogens is 1. The average Bonchev–Trinajstić information content (AvgIpc) is 2.38. The fourth-order valence-electron chi connectivity index (χ4n) is 1.44. The van der Waals surface area contributed by atoms with Crippen LogP contribution in [0, 0.1) is 0 Å². The van der Waals surface area contributed by atoms with Gasteiger partial charge in [-0.1, -0.05) is 12.1 Å². The predicted octanol–water partition coefficient (Wildman–Crippen LogP) is 1.65. The Balaban J connectivity index is 2.21. The van der Waals surface area contributed by atoms with Crippen molar-refractivity contribution in [2.75, 3.05) is 7.11 Å². The summed E-state index contributed by atoms with van der Waals surface area (Å²) in [6, 6.07) is 8.08. The van der Waals surface area contributed by atoms with E-state index >= 15 is 0 Å². The second-order valence-electron chi connectivity index (χ2n) is 3.61. The lowest BCUT2D eigenvalue weighted by Crippen LogP contribution is -2.05. The third-order valence-electron chi connectivity index (χ3n) is 2.35. The lowest BCUT2D eigenvalue weighted by molar-refractivity contribution is 0.373. The molecular weight excluding hydrogens is 232 g/mol. The molecule has 0 fully saturated rings. The molecule has 2 N–H and O–H groups in total. The number of rotatable bonds is 3. The highest BCUT2D eigenvalue weighted by Gasteiger charge is 2.00. The summed E-state index contributed by atoms with van der Waals surface area (Å²) < 4.78 is 4.95. The first-order valence-electron chi connectivity index (χ1n) is 5.30. The fourth-order valence-corrected chi connectivity index (χ4v) is 1.44. The van der Waals surface area contributed by atoms with Crippen molar-refractivity contribution in [2.45, 2.75) is 0 Å². The zero-order valence-corrected chi connectivity index (χ0v) is 9.75. The minimum Gasteiger partial charge on any atom is -0.504 e. The van der Waals surface area contributed by atoms with E-state index in [2.05, 4.69) is 10.2 Å². The minimum atomic E-state index is -0.241. The number of methoxy groups -OCH3 is 1. The van der Waals surface area contributed by atoms with Gasteiger partial charge in [0.15, 0.2) is 11.5 Å². The molecule has 0 unspecified atom stereocenters. The number of ether oxygens (including phenoxy) is 1. The molecule has 0 radical (unpaired) electrons. The summed E-state index contributed by atoms with van der Waals surface area (Å²) in [6.45, 7) is 0. The number of hydrogen-bond acceptors (Lipinski definition) is 4. The van der Waals surface area contributed by atoms with Crippen molar-refractivity contribution in [3.05, 3.63) is 51.9 Å². The van der Waals surface area contributed by atoms with Gasteiger partial charge in [0, 0.05) is 6.07 Å². The second-order valence-corrected chi connectivity index (χ2v) is 3.61. The summed E-state index contributed by atoms with van der Waals surface area (Å²) in [4.78, 5) is 10.8. The Morgan fingerprint density at radius 1 is 1.28 bits per heavy atom. The molecule has 0 aliphatic rings. The van der Waals surface area contributed by atoms with Gasteiger partial charge in [-0.05, 0) is 29.8 Å². The molecule has 0 bridgehead atoms. The van der Waals surface area contributed by atoms with Crippen LogP contribution >= 0.6 is 0 Å². The summed E-state index contributed by atoms with van der Waals surface area (Å²) in [5, 5.41) is 15.8. The van der Waals surface area contributed by atoms with Crippen molar-refractivity contribution in [1.29, 1.82) is 0 Å². The van der Waals surface area contributed by atoms with Gasteiger partial charge in [-0.15, -0.1) is 0 Å². The van der Waals surface area contributed by atoms with E-state index in [4.69, 9.17) is 4.74 Å². The molecule has 1 aromatic heterocycles. The number of hydrogen-bond donors (Lipinski definition) is 2. The lowest BCUT2D eigenvalue weighted by atomic mass is 10.2. The molecule has 0 saturated carbocycles. The maximum absolute atomic E-state index is 10.8. The smallest absolute Gasteiger partial charge is 0.264 e. The maximum atomic E-state index is 10.8. The number of aromatic hydroxyl groups is 1. The Morgan fingerprint density at radius 3 is 2.72 bits per heavy atom. The predicted molar refractivity (Wildman–Crippen MR) is 68.4 cm³/mol. The third kappa shape index (κ3) is 2.76. The molecule has 1 heterocycles. The van der Waals surface area contributed by atoms with Crippen molar-refractivity contribution in [1.82, 2.24) is 10.2 Å². The largest absolute Gasteiger partial charge is 0.504 e. The van der Waals surface area contributed by atoms with Crippen LogP contribution in [0.3, 0.4) is 0 Å². The third-order valence-corrected chi connectivity index (χ3v) is 2.35. The van der Waals surface area contributed by atoms with Crippen LogP contribution in [0.25, 0.3) is 12.2 Å². The number of benzene rings is 1. The van der Waals surface area contributed by atoms with E-state index in [0.29, 0.717) is 11.4 Å². The first-order valence-corrected chi connectivity index (χ1v) is 5.30. The van der Waals surface area contributed by atoms with E-state index in [9.17, 15) is 9.90 Å². The van der Waals surface area contributed by atoms with Crippen LogP contribution < -0.4 is 10.3 Å². The van der Waals surface area contributed by atoms with E-state index in [0.717, 1.165) is 5.56 Å². The molecule has 0 atom stereocenters. The molecule has 18 heavy (non-hydrogen) atoms. The van der Waals surface area contributed by atoms with Crippen molar-refractivity contribution >= 4 is 12.2 Å². The molecule has 5 heteroatoms. The number of phenolic OH excluding ortho intramolecular Hbond substituents is 1. The maximum Gasteiger partial charge on any atom is 0.264 e. The SMILES string of the molecule is COc1ccc(/C=C/c2ccc(=O)[nH]n2)cc1O. The zero-order chi connectivity index (χ0) is 13.0. The van der Waals surface area contributed by atoms with Crippen LogP contribution in [0.1, 0.15) is 11.3 Å². The van der Waals surface area contributed by atoms with E-state index in [1.807, 2.05) is 0 Å². The highest BCUT2D eigenvalue weighted by atomic mass is 16.5. The summed E-state index contributed by atoms with van der Waals surface area (Å²) in [5.74, 6) is 0.503. The highest BCUT2D eigenvalue weighted by molar-refractivity contribution is 5.69. The van der Waals surface area contributed by atoms with Crippen LogP contribution in [-0.4, -0.2) is 22.4 Å². The summed E-state index contributed by atoms with van der Waals surface area (Å²) >= 11 is 0. The van der Waals surface area contributed by atoms with Gasteiger partial charge in [0.2, 0.25) is 0 Å². The first kappa shape index (κ1) is 11.9. The summed E-state index contributed by atoms with van der Waals surface area (Å²) in [6.07, 6.45) is 3.51. The van der Waals surface area contributed by atoms with Gasteiger partial charge in [0.05, 0.1) is 12.8 Å². The first-order chi connectivity index (χ1) is 8.69. The highest BCUT2D eigenvalue weighted by Crippen LogP contribution is 2.26. The number of nitrogens with one attached hydrogen (secondary N) is 1. The van der Waals surface area contributed by atoms with Gasteiger partial charge in [-0.2, -0.15) is 5.10 Å². The van der Waals surface area contributed by atoms with Crippen LogP contribution in [0.2, 0.25) is 0 Å². The number of aromatic nitrogens is 2. The van der Waals surface area contributed by atoms with Crippen LogP contribution in [-0.2, 0) is 0 Å². The topological polar surface area (TPSA) is 75.2 Å². The van der Waals surface area contributed by atoms with E-state index in [-0.39, 0.29) is 11.3 Å². The zero-order valence-electron chi connectivity index (χ0n) is 9.75. The van der Waals surface area contributed by atoms with E-state index in [1.165, 1.54) is 13.2 Å². The Hall–Kier alpha value is -2.56. The van der Waals surface area contributed by atoms with E-state index < -0.39 is 0 Å². The van der Waals surface area contributed by atoms with Gasteiger partial charge in [0.1, 0.15) is 0 Å². The lowest BCUT2D eigenvalue weighted by Gasteiger charge is -2.03. The van der Waals surface area contributed by atoms with Gasteiger partial charge >= 0.3 is 0 Å². The molecule has 5 nitrogen and oxygen atoms in total. The molecule has 2 rings (SSSR count). The van der Waals surface area contributed by atoms with Crippen molar-refractivity contribution in [3.8, 4) is 11.5 Å². The summed E-state index contributed by atoms with van der Waals surface area (Å²) in [7, 11) is 1.49. The van der Waals surface area contributed by atoms with Crippen molar-refractivity contribution < 1.29 is 9.84 Å². The van der Waals surface area contributed by atoms with Crippen LogP contribution in [0.15, 0.2) is 35.1 Å². The standard InChI is InChI=1S/C13H12N2O3/c1-18-12-6-3-9(8-11(12)16)2-4-10-5-7-13(17)15-14-10/h2-8,16H,1H3,(H,15,17)/b4-2+. The molecule has 92 valence electrons. The van der Waals surface area contributed by atoms with Crippen molar-refractivity contribution in [3.63, 3.8) is 0 Å². The fraction of sp³-hybridized carbons (Fsp3) is 0.0769. The molecule has 2 aromatic rings. The molecule has 0 amide bonds. The van der Waals surface area contributed by atoms with Crippen molar-refractivity contribution in [2.24, 2.45) is 0 Å². The van der Waals surface area contributed by atoms with Gasteiger partial charge in [0.25, 0.3) is 5.56 Å². The molecule has 0 spiro atoms. The monoisotopic (exact) mass is 244 g/mol. The van der Waals surface area contributed by atoms with Gasteiger partial charge in [-0.3, -0.25) is 4.79 Å². The number of nitrogens with zero attached hydrogens (tertiary/aromatic N) is 1. The van der Waals surface area contributed by atoms with Crippen LogP contribution in [0.5, 0.6) is 11.5 Å². The Morgan fingerprint density at radius 2 is 2.11 bits per heavy atom. The molecule has 0 aliphatic carbocycles. The average molecular weight is 244 g/mol. The quantitative estimate of drug-likeness (QED) is 0.860. The second kappa shape index (κ2) is 5.18. The van der Waals surface area contributed by atoms with Gasteiger partial charge in [-0.25, -0.2) is 5.10 Å².